The Bertz CT molecular complexity index is 202. The highest BCUT2D eigenvalue weighted by molar-refractivity contribution is 5.80. The van der Waals surface area contributed by atoms with Crippen LogP contribution in [0, 0.1) is 0 Å². The zero-order chi connectivity index (χ0) is 8.60. The van der Waals surface area contributed by atoms with Crippen LogP contribution in [-0.2, 0) is 14.3 Å². The van der Waals surface area contributed by atoms with Crippen LogP contribution in [0.4, 0.5) is 0 Å². The Hall–Kier alpha value is -0.410. The van der Waals surface area contributed by atoms with Crippen molar-refractivity contribution in [2.24, 2.45) is 0 Å². The standard InChI is InChI=1S/C9H14O3/c1-7-9(3-5-11-7)6-8(10)2-4-12-9/h7H,2-6H2,1H3. The Labute approximate surface area is 72.0 Å². The van der Waals surface area contributed by atoms with E-state index in [-0.39, 0.29) is 11.7 Å². The van der Waals surface area contributed by atoms with Gasteiger partial charge in [-0.15, -0.1) is 0 Å². The molecule has 0 aromatic carbocycles. The average Bonchev–Trinajstić information content (AvgIpc) is 2.33. The molecule has 3 nitrogen and oxygen atoms in total. The van der Waals surface area contributed by atoms with Gasteiger partial charge in [-0.3, -0.25) is 4.79 Å². The van der Waals surface area contributed by atoms with E-state index < -0.39 is 0 Å². The maximum absolute atomic E-state index is 11.2. The first-order valence-corrected chi connectivity index (χ1v) is 4.50. The second-order valence-corrected chi connectivity index (χ2v) is 3.64. The van der Waals surface area contributed by atoms with Gasteiger partial charge in [0.15, 0.2) is 0 Å². The van der Waals surface area contributed by atoms with Crippen molar-refractivity contribution < 1.29 is 14.3 Å². The largest absolute Gasteiger partial charge is 0.375 e. The number of rotatable bonds is 0. The van der Waals surface area contributed by atoms with E-state index >= 15 is 0 Å². The van der Waals surface area contributed by atoms with Crippen LogP contribution in [-0.4, -0.2) is 30.7 Å². The molecule has 12 heavy (non-hydrogen) atoms. The summed E-state index contributed by atoms with van der Waals surface area (Å²) in [5, 5.41) is 0. The number of ketones is 1. The molecule has 0 amide bonds. The summed E-state index contributed by atoms with van der Waals surface area (Å²) < 4.78 is 11.1. The van der Waals surface area contributed by atoms with E-state index in [0.29, 0.717) is 25.2 Å². The molecule has 2 aliphatic heterocycles. The minimum Gasteiger partial charge on any atom is -0.375 e. The van der Waals surface area contributed by atoms with Crippen LogP contribution in [0.3, 0.4) is 0 Å². The van der Waals surface area contributed by atoms with Crippen molar-refractivity contribution >= 4 is 5.78 Å². The van der Waals surface area contributed by atoms with Crippen LogP contribution < -0.4 is 0 Å². The summed E-state index contributed by atoms with van der Waals surface area (Å²) >= 11 is 0. The van der Waals surface area contributed by atoms with Crippen molar-refractivity contribution in [3.63, 3.8) is 0 Å². The van der Waals surface area contributed by atoms with Crippen LogP contribution >= 0.6 is 0 Å². The van der Waals surface area contributed by atoms with Gasteiger partial charge in [-0.05, 0) is 6.92 Å². The highest BCUT2D eigenvalue weighted by Crippen LogP contribution is 2.35. The zero-order valence-electron chi connectivity index (χ0n) is 7.34. The van der Waals surface area contributed by atoms with Gasteiger partial charge in [0, 0.05) is 25.9 Å². The molecule has 3 heteroatoms. The predicted molar refractivity (Wildman–Crippen MR) is 43.0 cm³/mol. The summed E-state index contributed by atoms with van der Waals surface area (Å²) in [5.74, 6) is 0.318. The van der Waals surface area contributed by atoms with E-state index in [0.717, 1.165) is 13.0 Å². The fraction of sp³-hybridized carbons (Fsp3) is 0.889. The number of carbonyl (C=O) groups is 1. The summed E-state index contributed by atoms with van der Waals surface area (Å²) in [6, 6.07) is 0. The van der Waals surface area contributed by atoms with Crippen LogP contribution in [0.1, 0.15) is 26.2 Å². The van der Waals surface area contributed by atoms with Crippen LogP contribution in [0.2, 0.25) is 0 Å². The third-order valence-corrected chi connectivity index (χ3v) is 2.90. The van der Waals surface area contributed by atoms with Gasteiger partial charge in [0.25, 0.3) is 0 Å². The maximum Gasteiger partial charge on any atom is 0.138 e. The Balaban J connectivity index is 2.13. The van der Waals surface area contributed by atoms with Gasteiger partial charge < -0.3 is 9.47 Å². The molecule has 2 unspecified atom stereocenters. The van der Waals surface area contributed by atoms with Crippen molar-refractivity contribution in [3.8, 4) is 0 Å². The monoisotopic (exact) mass is 170 g/mol. The van der Waals surface area contributed by atoms with Crippen molar-refractivity contribution in [3.05, 3.63) is 0 Å². The molecule has 1 spiro atoms. The predicted octanol–water partition coefficient (Wildman–Crippen LogP) is 0.913. The second kappa shape index (κ2) is 2.82. The number of hydrogen-bond acceptors (Lipinski definition) is 3. The lowest BCUT2D eigenvalue weighted by Gasteiger charge is -2.35. The Morgan fingerprint density at radius 2 is 2.33 bits per heavy atom. The Morgan fingerprint density at radius 1 is 1.50 bits per heavy atom. The maximum atomic E-state index is 11.2. The first-order chi connectivity index (χ1) is 5.73. The molecule has 0 saturated carbocycles. The first-order valence-electron chi connectivity index (χ1n) is 4.50. The number of hydrogen-bond donors (Lipinski definition) is 0. The second-order valence-electron chi connectivity index (χ2n) is 3.64. The van der Waals surface area contributed by atoms with E-state index in [2.05, 4.69) is 0 Å². The van der Waals surface area contributed by atoms with Crippen molar-refractivity contribution in [2.45, 2.75) is 37.9 Å². The Morgan fingerprint density at radius 3 is 2.92 bits per heavy atom. The van der Waals surface area contributed by atoms with Crippen LogP contribution in [0.25, 0.3) is 0 Å². The van der Waals surface area contributed by atoms with E-state index in [9.17, 15) is 4.79 Å². The van der Waals surface area contributed by atoms with Crippen molar-refractivity contribution in [1.82, 2.24) is 0 Å². The highest BCUT2D eigenvalue weighted by Gasteiger charge is 2.45. The molecule has 0 radical (unpaired) electrons. The van der Waals surface area contributed by atoms with Crippen molar-refractivity contribution in [2.75, 3.05) is 13.2 Å². The molecule has 2 heterocycles. The lowest BCUT2D eigenvalue weighted by atomic mass is 9.87. The fourth-order valence-corrected chi connectivity index (χ4v) is 2.03. The first kappa shape index (κ1) is 8.20. The average molecular weight is 170 g/mol. The molecule has 68 valence electrons. The molecule has 0 aromatic heterocycles. The highest BCUT2D eigenvalue weighted by atomic mass is 16.6. The lowest BCUT2D eigenvalue weighted by Crippen LogP contribution is -2.45. The summed E-state index contributed by atoms with van der Waals surface area (Å²) in [4.78, 5) is 11.2. The fourth-order valence-electron chi connectivity index (χ4n) is 2.03. The third kappa shape index (κ3) is 1.17. The molecule has 2 saturated heterocycles. The quantitative estimate of drug-likeness (QED) is 0.542. The van der Waals surface area contributed by atoms with Crippen LogP contribution in [0.5, 0.6) is 0 Å². The van der Waals surface area contributed by atoms with E-state index in [4.69, 9.17) is 9.47 Å². The molecule has 2 fully saturated rings. The molecule has 2 aliphatic rings. The normalized spacial score (nSPS) is 42.4. The van der Waals surface area contributed by atoms with Gasteiger partial charge in [0.1, 0.15) is 11.4 Å². The van der Waals surface area contributed by atoms with Crippen LogP contribution in [0.15, 0.2) is 0 Å². The van der Waals surface area contributed by atoms with Gasteiger partial charge in [-0.2, -0.15) is 0 Å². The third-order valence-electron chi connectivity index (χ3n) is 2.90. The van der Waals surface area contributed by atoms with Gasteiger partial charge in [-0.1, -0.05) is 0 Å². The zero-order valence-corrected chi connectivity index (χ0v) is 7.34. The number of ether oxygens (including phenoxy) is 2. The van der Waals surface area contributed by atoms with Gasteiger partial charge in [0.2, 0.25) is 0 Å². The number of Topliss-reactive ketones (excluding diaryl/α,β-unsaturated/α-hetero) is 1. The molecule has 2 atom stereocenters. The number of carbonyl (C=O) groups excluding carboxylic acids is 1. The summed E-state index contributed by atoms with van der Waals surface area (Å²) in [6.45, 7) is 3.30. The summed E-state index contributed by atoms with van der Waals surface area (Å²) in [6.07, 6.45) is 2.09. The SMILES string of the molecule is CC1OCCC12CC(=O)CCO2. The molecular formula is C9H14O3. The molecular weight excluding hydrogens is 156 g/mol. The van der Waals surface area contributed by atoms with E-state index in [1.54, 1.807) is 0 Å². The summed E-state index contributed by atoms with van der Waals surface area (Å²) in [5.41, 5.74) is -0.269. The van der Waals surface area contributed by atoms with E-state index in [1.165, 1.54) is 0 Å². The Kier molecular flexibility index (Phi) is 1.93. The molecule has 0 N–H and O–H groups in total. The molecule has 0 aliphatic carbocycles. The van der Waals surface area contributed by atoms with E-state index in [1.807, 2.05) is 6.92 Å². The van der Waals surface area contributed by atoms with Crippen molar-refractivity contribution in [1.29, 1.82) is 0 Å². The molecule has 0 bridgehead atoms. The van der Waals surface area contributed by atoms with Gasteiger partial charge in [-0.25, -0.2) is 0 Å². The molecule has 2 rings (SSSR count). The topological polar surface area (TPSA) is 35.5 Å². The smallest absolute Gasteiger partial charge is 0.138 e. The summed E-state index contributed by atoms with van der Waals surface area (Å²) in [7, 11) is 0. The lowest BCUT2D eigenvalue weighted by molar-refractivity contribution is -0.147. The van der Waals surface area contributed by atoms with Gasteiger partial charge in [0.05, 0.1) is 12.7 Å². The minimum absolute atomic E-state index is 0.0850. The van der Waals surface area contributed by atoms with Gasteiger partial charge >= 0.3 is 0 Å². The molecule has 0 aromatic rings. The minimum atomic E-state index is -0.269.